The van der Waals surface area contributed by atoms with Gasteiger partial charge in [0.15, 0.2) is 6.29 Å². The second-order valence-corrected chi connectivity index (χ2v) is 6.60. The molecular weight excluding hydrogens is 364 g/mol. The summed E-state index contributed by atoms with van der Waals surface area (Å²) in [4.78, 5) is 22.8. The lowest BCUT2D eigenvalue weighted by molar-refractivity contribution is -0.131. The van der Waals surface area contributed by atoms with Gasteiger partial charge in [0.05, 0.1) is 7.11 Å². The molecule has 0 heterocycles. The summed E-state index contributed by atoms with van der Waals surface area (Å²) in [6.07, 6.45) is 4.39. The van der Waals surface area contributed by atoms with Crippen LogP contribution in [0.25, 0.3) is 28.3 Å². The Bertz CT molecular complexity index is 1080. The summed E-state index contributed by atoms with van der Waals surface area (Å²) in [6, 6.07) is 19.3. The molecule has 4 nitrogen and oxygen atoms in total. The maximum atomic E-state index is 11.8. The highest BCUT2D eigenvalue weighted by Crippen LogP contribution is 2.32. The van der Waals surface area contributed by atoms with Gasteiger partial charge in [0.2, 0.25) is 0 Å². The largest absolute Gasteiger partial charge is 0.497 e. The summed E-state index contributed by atoms with van der Waals surface area (Å²) >= 11 is 0. The third kappa shape index (κ3) is 4.61. The molecule has 0 spiro atoms. The third-order valence-corrected chi connectivity index (χ3v) is 4.80. The Morgan fingerprint density at radius 3 is 2.38 bits per heavy atom. The van der Waals surface area contributed by atoms with Gasteiger partial charge in [-0.15, -0.1) is 0 Å². The number of rotatable bonds is 7. The number of carbonyl (C=O) groups excluding carboxylic acids is 1. The van der Waals surface area contributed by atoms with Gasteiger partial charge < -0.3 is 9.84 Å². The average Bonchev–Trinajstić information content (AvgIpc) is 2.77. The smallest absolute Gasteiger partial charge is 0.328 e. The van der Waals surface area contributed by atoms with Crippen molar-refractivity contribution in [2.24, 2.45) is 0 Å². The first-order chi connectivity index (χ1) is 14.0. The zero-order valence-corrected chi connectivity index (χ0v) is 16.4. The third-order valence-electron chi connectivity index (χ3n) is 4.80. The number of ether oxygens (including phenoxy) is 1. The van der Waals surface area contributed by atoms with Crippen LogP contribution >= 0.6 is 0 Å². The molecule has 0 bridgehead atoms. The number of carbonyl (C=O) groups is 2. The molecule has 0 aliphatic rings. The van der Waals surface area contributed by atoms with E-state index in [1.54, 1.807) is 13.2 Å². The van der Waals surface area contributed by atoms with E-state index in [1.165, 1.54) is 11.6 Å². The van der Waals surface area contributed by atoms with E-state index in [2.05, 4.69) is 19.1 Å². The summed E-state index contributed by atoms with van der Waals surface area (Å²) in [5.41, 5.74) is 6.01. The first kappa shape index (κ1) is 20.1. The van der Waals surface area contributed by atoms with Gasteiger partial charge in [-0.25, -0.2) is 4.79 Å². The molecule has 4 heteroatoms. The number of hydrogen-bond acceptors (Lipinski definition) is 3. The quantitative estimate of drug-likeness (QED) is 0.430. The number of carboxylic acids is 1. The van der Waals surface area contributed by atoms with Crippen molar-refractivity contribution in [3.05, 3.63) is 83.4 Å². The second kappa shape index (κ2) is 9.02. The number of methoxy groups -OCH3 is 1. The minimum absolute atomic E-state index is 0.583. The Balaban J connectivity index is 2.10. The van der Waals surface area contributed by atoms with E-state index >= 15 is 0 Å². The Kier molecular flexibility index (Phi) is 6.25. The van der Waals surface area contributed by atoms with Crippen LogP contribution in [0.2, 0.25) is 0 Å². The van der Waals surface area contributed by atoms with Crippen LogP contribution in [-0.2, 0) is 11.2 Å². The molecule has 0 fully saturated rings. The van der Waals surface area contributed by atoms with Gasteiger partial charge in [-0.05, 0) is 64.1 Å². The fourth-order valence-electron chi connectivity index (χ4n) is 3.28. The Morgan fingerprint density at radius 1 is 0.966 bits per heavy atom. The Labute approximate surface area is 170 Å². The molecule has 1 N–H and O–H groups in total. The summed E-state index contributed by atoms with van der Waals surface area (Å²) < 4.78 is 5.26. The number of benzene rings is 3. The van der Waals surface area contributed by atoms with Crippen molar-refractivity contribution in [3.8, 4) is 28.0 Å². The number of hydrogen-bond donors (Lipinski definition) is 1. The highest BCUT2D eigenvalue weighted by atomic mass is 16.5. The number of aliphatic carboxylic acids is 1. The van der Waals surface area contributed by atoms with Crippen molar-refractivity contribution in [1.29, 1.82) is 0 Å². The SMILES string of the molecule is CCc1cccc(-c2ccc(-c3ccc(OC)cc3/C=C/C(=O)O)cc2C=O)c1. The molecule has 0 saturated heterocycles. The summed E-state index contributed by atoms with van der Waals surface area (Å²) in [5.74, 6) is -0.402. The van der Waals surface area contributed by atoms with E-state index in [1.807, 2.05) is 42.5 Å². The van der Waals surface area contributed by atoms with Crippen LogP contribution in [0.3, 0.4) is 0 Å². The van der Waals surface area contributed by atoms with E-state index in [9.17, 15) is 9.59 Å². The first-order valence-corrected chi connectivity index (χ1v) is 9.33. The van der Waals surface area contributed by atoms with Crippen LogP contribution in [-0.4, -0.2) is 24.5 Å². The van der Waals surface area contributed by atoms with Crippen molar-refractivity contribution < 1.29 is 19.4 Å². The minimum atomic E-state index is -1.03. The molecule has 0 aliphatic carbocycles. The van der Waals surface area contributed by atoms with Gasteiger partial charge in [0.25, 0.3) is 0 Å². The molecule has 29 heavy (non-hydrogen) atoms. The van der Waals surface area contributed by atoms with Gasteiger partial charge in [-0.2, -0.15) is 0 Å². The monoisotopic (exact) mass is 386 g/mol. The molecule has 3 rings (SSSR count). The highest BCUT2D eigenvalue weighted by Gasteiger charge is 2.11. The van der Waals surface area contributed by atoms with E-state index < -0.39 is 5.97 Å². The molecule has 0 saturated carbocycles. The summed E-state index contributed by atoms with van der Waals surface area (Å²) in [6.45, 7) is 2.10. The van der Waals surface area contributed by atoms with Crippen molar-refractivity contribution in [2.45, 2.75) is 13.3 Å². The van der Waals surface area contributed by atoms with Crippen LogP contribution in [0.5, 0.6) is 5.75 Å². The van der Waals surface area contributed by atoms with Crippen LogP contribution in [0.4, 0.5) is 0 Å². The number of aryl methyl sites for hydroxylation is 1. The molecule has 0 radical (unpaired) electrons. The van der Waals surface area contributed by atoms with E-state index in [0.717, 1.165) is 41.0 Å². The predicted octanol–water partition coefficient (Wildman–Crippen LogP) is 5.50. The lowest BCUT2D eigenvalue weighted by Crippen LogP contribution is -1.93. The minimum Gasteiger partial charge on any atom is -0.497 e. The zero-order chi connectivity index (χ0) is 20.8. The van der Waals surface area contributed by atoms with Crippen LogP contribution in [0.15, 0.2) is 66.7 Å². The Hall–Kier alpha value is -3.66. The molecule has 0 amide bonds. The van der Waals surface area contributed by atoms with Gasteiger partial charge in [0.1, 0.15) is 5.75 Å². The molecule has 146 valence electrons. The number of aldehydes is 1. The van der Waals surface area contributed by atoms with Gasteiger partial charge in [0, 0.05) is 11.6 Å². The normalized spacial score (nSPS) is 10.8. The van der Waals surface area contributed by atoms with E-state index in [-0.39, 0.29) is 0 Å². The van der Waals surface area contributed by atoms with E-state index in [4.69, 9.17) is 9.84 Å². The topological polar surface area (TPSA) is 63.6 Å². The molecule has 3 aromatic rings. The fraction of sp³-hybridized carbons (Fsp3) is 0.120. The molecule has 0 atom stereocenters. The molecular formula is C25H22O4. The highest BCUT2D eigenvalue weighted by molar-refractivity contribution is 5.92. The standard InChI is InChI=1S/C25H22O4/c1-3-17-5-4-6-18(13-17)24-10-7-19(14-21(24)16-26)23-11-9-22(29-2)15-20(23)8-12-25(27)28/h4-16H,3H2,1-2H3,(H,27,28)/b12-8+. The molecule has 0 aromatic heterocycles. The van der Waals surface area contributed by atoms with Crippen LogP contribution < -0.4 is 4.74 Å². The van der Waals surface area contributed by atoms with Crippen molar-refractivity contribution in [2.75, 3.05) is 7.11 Å². The maximum absolute atomic E-state index is 11.8. The summed E-state index contributed by atoms with van der Waals surface area (Å²) in [5, 5.41) is 8.99. The molecule has 3 aromatic carbocycles. The molecule has 0 aliphatic heterocycles. The van der Waals surface area contributed by atoms with Gasteiger partial charge in [-0.3, -0.25) is 4.79 Å². The zero-order valence-electron chi connectivity index (χ0n) is 16.4. The second-order valence-electron chi connectivity index (χ2n) is 6.60. The van der Waals surface area contributed by atoms with E-state index in [0.29, 0.717) is 16.9 Å². The molecule has 0 unspecified atom stereocenters. The lowest BCUT2D eigenvalue weighted by Gasteiger charge is -2.12. The van der Waals surface area contributed by atoms with Gasteiger partial charge >= 0.3 is 5.97 Å². The number of carboxylic acid groups (broad SMARTS) is 1. The fourth-order valence-corrected chi connectivity index (χ4v) is 3.28. The van der Waals surface area contributed by atoms with Crippen LogP contribution in [0.1, 0.15) is 28.4 Å². The first-order valence-electron chi connectivity index (χ1n) is 9.33. The van der Waals surface area contributed by atoms with Crippen molar-refractivity contribution in [3.63, 3.8) is 0 Å². The van der Waals surface area contributed by atoms with Crippen molar-refractivity contribution in [1.82, 2.24) is 0 Å². The average molecular weight is 386 g/mol. The summed E-state index contributed by atoms with van der Waals surface area (Å²) in [7, 11) is 1.56. The van der Waals surface area contributed by atoms with Crippen molar-refractivity contribution >= 4 is 18.3 Å². The Morgan fingerprint density at radius 2 is 1.69 bits per heavy atom. The van der Waals surface area contributed by atoms with Crippen LogP contribution in [0, 0.1) is 0 Å². The maximum Gasteiger partial charge on any atom is 0.328 e. The predicted molar refractivity (Wildman–Crippen MR) is 115 cm³/mol. The van der Waals surface area contributed by atoms with Gasteiger partial charge in [-0.1, -0.05) is 49.4 Å². The lowest BCUT2D eigenvalue weighted by atomic mass is 9.92.